The Morgan fingerprint density at radius 1 is 1.21 bits per heavy atom. The number of amides is 1. The van der Waals surface area contributed by atoms with Crippen molar-refractivity contribution in [2.24, 2.45) is 0 Å². The molecule has 0 heterocycles. The van der Waals surface area contributed by atoms with Crippen LogP contribution in [0.2, 0.25) is 5.02 Å². The van der Waals surface area contributed by atoms with Crippen molar-refractivity contribution in [1.82, 2.24) is 0 Å². The fourth-order valence-corrected chi connectivity index (χ4v) is 3.00. The number of halogens is 2. The second kappa shape index (κ2) is 8.22. The summed E-state index contributed by atoms with van der Waals surface area (Å²) in [7, 11) is 3.13. The summed E-state index contributed by atoms with van der Waals surface area (Å²) < 4.78 is 11.3. The van der Waals surface area contributed by atoms with Crippen LogP contribution < -0.4 is 14.8 Å². The van der Waals surface area contributed by atoms with Gasteiger partial charge in [0.05, 0.1) is 18.7 Å². The zero-order valence-electron chi connectivity index (χ0n) is 13.5. The molecule has 0 aromatic heterocycles. The molecule has 2 aromatic rings. The summed E-state index contributed by atoms with van der Waals surface area (Å²) in [4.78, 5) is 12.1. The first-order chi connectivity index (χ1) is 11.4. The molecule has 0 atom stereocenters. The molecule has 6 heteroatoms. The Balaban J connectivity index is 2.15. The Hall–Kier alpha value is -1.98. The van der Waals surface area contributed by atoms with E-state index in [1.54, 1.807) is 44.6 Å². The van der Waals surface area contributed by atoms with Gasteiger partial charge in [-0.3, -0.25) is 4.79 Å². The van der Waals surface area contributed by atoms with Crippen LogP contribution in [0.1, 0.15) is 11.1 Å². The van der Waals surface area contributed by atoms with Crippen LogP contribution in [0.5, 0.6) is 11.5 Å². The molecule has 1 N–H and O–H groups in total. The summed E-state index contributed by atoms with van der Waals surface area (Å²) in [5, 5.41) is 3.46. The molecule has 0 fully saturated rings. The van der Waals surface area contributed by atoms with E-state index in [0.717, 1.165) is 21.3 Å². The largest absolute Gasteiger partial charge is 0.493 e. The van der Waals surface area contributed by atoms with Crippen LogP contribution >= 0.6 is 27.5 Å². The number of hydrogen-bond donors (Lipinski definition) is 1. The fourth-order valence-electron chi connectivity index (χ4n) is 2.15. The molecule has 1 amide bonds. The van der Waals surface area contributed by atoms with Crippen LogP contribution in [-0.2, 0) is 4.79 Å². The Bertz CT molecular complexity index is 790. The first kappa shape index (κ1) is 18.4. The highest BCUT2D eigenvalue weighted by atomic mass is 79.9. The van der Waals surface area contributed by atoms with Gasteiger partial charge < -0.3 is 14.8 Å². The molecular formula is C18H17BrClNO3. The Labute approximate surface area is 154 Å². The predicted octanol–water partition coefficient (Wildman–Crippen LogP) is 5.08. The minimum absolute atomic E-state index is 0.230. The molecule has 0 aliphatic carbocycles. The topological polar surface area (TPSA) is 47.6 Å². The monoisotopic (exact) mass is 409 g/mol. The Kier molecular flexibility index (Phi) is 6.29. The van der Waals surface area contributed by atoms with Gasteiger partial charge >= 0.3 is 0 Å². The third-order valence-electron chi connectivity index (χ3n) is 3.33. The number of carbonyl (C=O) groups excluding carboxylic acids is 1. The minimum atomic E-state index is -0.230. The lowest BCUT2D eigenvalue weighted by Gasteiger charge is -2.10. The number of rotatable bonds is 5. The third kappa shape index (κ3) is 4.52. The van der Waals surface area contributed by atoms with Gasteiger partial charge in [-0.2, -0.15) is 0 Å². The van der Waals surface area contributed by atoms with Crippen molar-refractivity contribution in [3.05, 3.63) is 57.0 Å². The average Bonchev–Trinajstić information content (AvgIpc) is 2.55. The van der Waals surface area contributed by atoms with E-state index in [-0.39, 0.29) is 5.91 Å². The van der Waals surface area contributed by atoms with Crippen LogP contribution in [0.3, 0.4) is 0 Å². The molecule has 2 aromatic carbocycles. The molecule has 126 valence electrons. The number of aryl methyl sites for hydroxylation is 1. The molecule has 0 unspecified atom stereocenters. The van der Waals surface area contributed by atoms with Crippen molar-refractivity contribution in [2.45, 2.75) is 6.92 Å². The first-order valence-corrected chi connectivity index (χ1v) is 8.28. The van der Waals surface area contributed by atoms with E-state index in [1.165, 1.54) is 6.08 Å². The molecule has 0 saturated heterocycles. The standard InChI is InChI=1S/C18H17BrClNO3/c1-11-8-13(20)5-6-15(11)21-17(22)7-4-12-9-14(19)18(24-3)16(10-12)23-2/h4-10H,1-3H3,(H,21,22). The van der Waals surface area contributed by atoms with Crippen molar-refractivity contribution in [3.63, 3.8) is 0 Å². The lowest BCUT2D eigenvalue weighted by atomic mass is 10.1. The van der Waals surface area contributed by atoms with Crippen LogP contribution in [0.25, 0.3) is 6.08 Å². The van der Waals surface area contributed by atoms with Gasteiger partial charge in [-0.15, -0.1) is 0 Å². The molecular weight excluding hydrogens is 394 g/mol. The van der Waals surface area contributed by atoms with Crippen molar-refractivity contribution in [1.29, 1.82) is 0 Å². The molecule has 0 spiro atoms. The number of methoxy groups -OCH3 is 2. The van der Waals surface area contributed by atoms with Gasteiger partial charge in [-0.1, -0.05) is 11.6 Å². The van der Waals surface area contributed by atoms with E-state index >= 15 is 0 Å². The second-order valence-electron chi connectivity index (χ2n) is 5.02. The number of anilines is 1. The van der Waals surface area contributed by atoms with E-state index < -0.39 is 0 Å². The summed E-state index contributed by atoms with van der Waals surface area (Å²) in [6.45, 7) is 1.89. The normalized spacial score (nSPS) is 10.7. The van der Waals surface area contributed by atoms with Crippen molar-refractivity contribution in [2.75, 3.05) is 19.5 Å². The molecule has 0 bridgehead atoms. The van der Waals surface area contributed by atoms with E-state index in [0.29, 0.717) is 16.5 Å². The van der Waals surface area contributed by atoms with Crippen LogP contribution in [0.4, 0.5) is 5.69 Å². The Morgan fingerprint density at radius 3 is 2.58 bits per heavy atom. The maximum absolute atomic E-state index is 12.1. The van der Waals surface area contributed by atoms with Gasteiger partial charge in [0, 0.05) is 16.8 Å². The maximum Gasteiger partial charge on any atom is 0.248 e. The van der Waals surface area contributed by atoms with Crippen molar-refractivity contribution >= 4 is 45.2 Å². The van der Waals surface area contributed by atoms with E-state index in [1.807, 2.05) is 13.0 Å². The number of carbonyl (C=O) groups is 1. The molecule has 0 radical (unpaired) electrons. The SMILES string of the molecule is COc1cc(C=CC(=O)Nc2ccc(Cl)cc2C)cc(Br)c1OC. The fraction of sp³-hybridized carbons (Fsp3) is 0.167. The molecule has 0 saturated carbocycles. The highest BCUT2D eigenvalue weighted by molar-refractivity contribution is 9.10. The average molecular weight is 411 g/mol. The second-order valence-corrected chi connectivity index (χ2v) is 6.31. The smallest absolute Gasteiger partial charge is 0.248 e. The van der Waals surface area contributed by atoms with Gasteiger partial charge in [-0.25, -0.2) is 0 Å². The molecule has 24 heavy (non-hydrogen) atoms. The molecule has 4 nitrogen and oxygen atoms in total. The summed E-state index contributed by atoms with van der Waals surface area (Å²) in [5.41, 5.74) is 2.43. The zero-order valence-corrected chi connectivity index (χ0v) is 15.9. The van der Waals surface area contributed by atoms with E-state index in [2.05, 4.69) is 21.2 Å². The van der Waals surface area contributed by atoms with Crippen molar-refractivity contribution < 1.29 is 14.3 Å². The van der Waals surface area contributed by atoms with Crippen LogP contribution in [-0.4, -0.2) is 20.1 Å². The van der Waals surface area contributed by atoms with Crippen LogP contribution in [0, 0.1) is 6.92 Å². The maximum atomic E-state index is 12.1. The molecule has 2 rings (SSSR count). The van der Waals surface area contributed by atoms with Gasteiger partial charge in [0.2, 0.25) is 5.91 Å². The van der Waals surface area contributed by atoms with Crippen LogP contribution in [0.15, 0.2) is 40.9 Å². The van der Waals surface area contributed by atoms with E-state index in [4.69, 9.17) is 21.1 Å². The first-order valence-electron chi connectivity index (χ1n) is 7.11. The van der Waals surface area contributed by atoms with Gasteiger partial charge in [0.25, 0.3) is 0 Å². The Morgan fingerprint density at radius 2 is 1.96 bits per heavy atom. The van der Waals surface area contributed by atoms with Crippen molar-refractivity contribution in [3.8, 4) is 11.5 Å². The number of ether oxygens (including phenoxy) is 2. The highest BCUT2D eigenvalue weighted by Gasteiger charge is 2.09. The summed E-state index contributed by atoms with van der Waals surface area (Å²) in [5.74, 6) is 0.961. The lowest BCUT2D eigenvalue weighted by molar-refractivity contribution is -0.111. The summed E-state index contributed by atoms with van der Waals surface area (Å²) >= 11 is 9.33. The summed E-state index contributed by atoms with van der Waals surface area (Å²) in [6.07, 6.45) is 3.16. The predicted molar refractivity (Wildman–Crippen MR) is 101 cm³/mol. The number of hydrogen-bond acceptors (Lipinski definition) is 3. The van der Waals surface area contributed by atoms with E-state index in [9.17, 15) is 4.79 Å². The zero-order chi connectivity index (χ0) is 17.7. The lowest BCUT2D eigenvalue weighted by Crippen LogP contribution is -2.08. The molecule has 0 aliphatic rings. The quantitative estimate of drug-likeness (QED) is 0.699. The van der Waals surface area contributed by atoms with Gasteiger partial charge in [0.1, 0.15) is 0 Å². The summed E-state index contributed by atoms with van der Waals surface area (Å²) in [6, 6.07) is 8.95. The third-order valence-corrected chi connectivity index (χ3v) is 4.15. The minimum Gasteiger partial charge on any atom is -0.493 e. The van der Waals surface area contributed by atoms with Gasteiger partial charge in [0.15, 0.2) is 11.5 Å². The highest BCUT2D eigenvalue weighted by Crippen LogP contribution is 2.36. The number of benzene rings is 2. The number of nitrogens with one attached hydrogen (secondary N) is 1. The molecule has 0 aliphatic heterocycles. The van der Waals surface area contributed by atoms with Gasteiger partial charge in [-0.05, 0) is 70.4 Å².